The van der Waals surface area contributed by atoms with Crippen molar-refractivity contribution >= 4 is 23.5 Å². The molecule has 1 fully saturated rings. The molecule has 1 aromatic rings. The Bertz CT molecular complexity index is 452. The summed E-state index contributed by atoms with van der Waals surface area (Å²) in [5.41, 5.74) is 0. The van der Waals surface area contributed by atoms with Gasteiger partial charge in [-0.25, -0.2) is 4.98 Å². The number of carbonyl (C=O) groups is 1. The van der Waals surface area contributed by atoms with Crippen LogP contribution in [0.4, 0.5) is 5.95 Å². The average Bonchev–Trinajstić information content (AvgIpc) is 2.38. The molecule has 0 radical (unpaired) electrons. The summed E-state index contributed by atoms with van der Waals surface area (Å²) < 4.78 is 10.2. The van der Waals surface area contributed by atoms with E-state index in [0.29, 0.717) is 19.1 Å². The highest BCUT2D eigenvalue weighted by atomic mass is 35.5. The summed E-state index contributed by atoms with van der Waals surface area (Å²) in [7, 11) is 1.47. The van der Waals surface area contributed by atoms with Crippen molar-refractivity contribution in [2.24, 2.45) is 0 Å². The molecule has 1 aliphatic rings. The van der Waals surface area contributed by atoms with E-state index in [9.17, 15) is 4.79 Å². The van der Waals surface area contributed by atoms with Crippen molar-refractivity contribution in [2.75, 3.05) is 32.2 Å². The molecule has 1 saturated heterocycles. The molecule has 7 nitrogen and oxygen atoms in total. The number of rotatable bonds is 4. The molecule has 0 spiro atoms. The van der Waals surface area contributed by atoms with Gasteiger partial charge in [0.1, 0.15) is 5.15 Å². The highest BCUT2D eigenvalue weighted by molar-refractivity contribution is 6.29. The second-order valence-corrected chi connectivity index (χ2v) is 4.42. The van der Waals surface area contributed by atoms with Crippen molar-refractivity contribution < 1.29 is 14.3 Å². The van der Waals surface area contributed by atoms with Crippen molar-refractivity contribution in [1.29, 1.82) is 0 Å². The van der Waals surface area contributed by atoms with Crippen LogP contribution >= 0.6 is 11.6 Å². The average molecular weight is 287 g/mol. The van der Waals surface area contributed by atoms with Gasteiger partial charge >= 0.3 is 0 Å². The number of halogens is 1. The van der Waals surface area contributed by atoms with Gasteiger partial charge in [-0.05, 0) is 0 Å². The first-order chi connectivity index (χ1) is 9.17. The molecule has 0 aliphatic carbocycles. The molecule has 0 bridgehead atoms. The predicted molar refractivity (Wildman–Crippen MR) is 69.5 cm³/mol. The molecule has 1 aliphatic heterocycles. The van der Waals surface area contributed by atoms with Gasteiger partial charge in [-0.3, -0.25) is 10.1 Å². The van der Waals surface area contributed by atoms with Gasteiger partial charge in [-0.2, -0.15) is 4.98 Å². The number of nitrogens with zero attached hydrogens (tertiary/aromatic N) is 2. The maximum absolute atomic E-state index is 11.8. The van der Waals surface area contributed by atoms with Crippen LogP contribution in [0.15, 0.2) is 6.07 Å². The van der Waals surface area contributed by atoms with Gasteiger partial charge < -0.3 is 14.8 Å². The van der Waals surface area contributed by atoms with E-state index in [-0.39, 0.29) is 29.5 Å². The van der Waals surface area contributed by atoms with Crippen molar-refractivity contribution in [3.05, 3.63) is 11.2 Å². The van der Waals surface area contributed by atoms with Gasteiger partial charge in [0, 0.05) is 25.1 Å². The van der Waals surface area contributed by atoms with Crippen LogP contribution in [0.3, 0.4) is 0 Å². The number of hydrogen-bond donors (Lipinski definition) is 2. The molecule has 2 heterocycles. The van der Waals surface area contributed by atoms with E-state index in [1.807, 2.05) is 0 Å². The quantitative estimate of drug-likeness (QED) is 0.782. The van der Waals surface area contributed by atoms with Gasteiger partial charge in [0.25, 0.3) is 0 Å². The fourth-order valence-corrected chi connectivity index (χ4v) is 1.88. The molecular formula is C11H15ClN4O3. The number of carbonyl (C=O) groups excluding carboxylic acids is 1. The molecule has 1 aromatic heterocycles. The fraction of sp³-hybridized carbons (Fsp3) is 0.545. The lowest BCUT2D eigenvalue weighted by Crippen LogP contribution is -2.43. The maximum atomic E-state index is 11.8. The third-order valence-corrected chi connectivity index (χ3v) is 2.76. The molecule has 104 valence electrons. The van der Waals surface area contributed by atoms with Crippen LogP contribution in [0.1, 0.15) is 6.42 Å². The second-order valence-electron chi connectivity index (χ2n) is 4.03. The van der Waals surface area contributed by atoms with Crippen LogP contribution in [0.5, 0.6) is 5.88 Å². The number of hydrogen-bond acceptors (Lipinski definition) is 6. The minimum absolute atomic E-state index is 0.00910. The van der Waals surface area contributed by atoms with E-state index in [4.69, 9.17) is 21.1 Å². The SMILES string of the molecule is COc1cc(Cl)nc(NC(=O)CC2COCCN2)n1. The van der Waals surface area contributed by atoms with Gasteiger partial charge in [-0.1, -0.05) is 11.6 Å². The smallest absolute Gasteiger partial charge is 0.234 e. The van der Waals surface area contributed by atoms with Gasteiger partial charge in [0.15, 0.2) is 0 Å². The molecule has 2 rings (SSSR count). The summed E-state index contributed by atoms with van der Waals surface area (Å²) in [6, 6.07) is 1.48. The van der Waals surface area contributed by atoms with Crippen LogP contribution < -0.4 is 15.4 Å². The molecule has 0 aromatic carbocycles. The zero-order valence-corrected chi connectivity index (χ0v) is 11.2. The molecule has 0 saturated carbocycles. The van der Waals surface area contributed by atoms with Crippen LogP contribution in [-0.4, -0.2) is 48.8 Å². The van der Waals surface area contributed by atoms with E-state index in [1.165, 1.54) is 13.2 Å². The number of anilines is 1. The molecular weight excluding hydrogens is 272 g/mol. The van der Waals surface area contributed by atoms with Crippen LogP contribution in [0.2, 0.25) is 5.15 Å². The Balaban J connectivity index is 1.92. The van der Waals surface area contributed by atoms with Crippen LogP contribution in [-0.2, 0) is 9.53 Å². The number of amides is 1. The van der Waals surface area contributed by atoms with Gasteiger partial charge in [-0.15, -0.1) is 0 Å². The number of methoxy groups -OCH3 is 1. The van der Waals surface area contributed by atoms with E-state index >= 15 is 0 Å². The summed E-state index contributed by atoms with van der Waals surface area (Å²) in [5.74, 6) is 0.229. The Morgan fingerprint density at radius 1 is 1.68 bits per heavy atom. The molecule has 2 N–H and O–H groups in total. The maximum Gasteiger partial charge on any atom is 0.234 e. The molecule has 19 heavy (non-hydrogen) atoms. The van der Waals surface area contributed by atoms with Gasteiger partial charge in [0.05, 0.1) is 20.3 Å². The first-order valence-corrected chi connectivity index (χ1v) is 6.24. The highest BCUT2D eigenvalue weighted by Crippen LogP contribution is 2.15. The van der Waals surface area contributed by atoms with Gasteiger partial charge in [0.2, 0.25) is 17.7 Å². The van der Waals surface area contributed by atoms with E-state index in [0.717, 1.165) is 6.54 Å². The van der Waals surface area contributed by atoms with Crippen molar-refractivity contribution in [3.8, 4) is 5.88 Å². The zero-order chi connectivity index (χ0) is 13.7. The molecule has 1 unspecified atom stereocenters. The van der Waals surface area contributed by atoms with Crippen LogP contribution in [0, 0.1) is 0 Å². The summed E-state index contributed by atoms with van der Waals surface area (Å²) in [5, 5.41) is 5.99. The number of nitrogens with one attached hydrogen (secondary N) is 2. The summed E-state index contributed by atoms with van der Waals surface area (Å²) in [6.45, 7) is 1.94. The van der Waals surface area contributed by atoms with E-state index in [2.05, 4.69) is 20.6 Å². The Morgan fingerprint density at radius 2 is 2.53 bits per heavy atom. The largest absolute Gasteiger partial charge is 0.481 e. The summed E-state index contributed by atoms with van der Waals surface area (Å²) in [4.78, 5) is 19.7. The minimum atomic E-state index is -0.202. The Morgan fingerprint density at radius 3 is 3.21 bits per heavy atom. The van der Waals surface area contributed by atoms with Crippen LogP contribution in [0.25, 0.3) is 0 Å². The first-order valence-electron chi connectivity index (χ1n) is 5.87. The molecule has 1 atom stereocenters. The number of ether oxygens (including phenoxy) is 2. The standard InChI is InChI=1S/C11H15ClN4O3/c1-18-10-5-8(12)14-11(16-10)15-9(17)4-7-6-19-3-2-13-7/h5,7,13H,2-4,6H2,1H3,(H,14,15,16,17). The van der Waals surface area contributed by atoms with E-state index in [1.54, 1.807) is 0 Å². The lowest BCUT2D eigenvalue weighted by atomic mass is 10.2. The third kappa shape index (κ3) is 4.30. The first kappa shape index (κ1) is 14.0. The lowest BCUT2D eigenvalue weighted by molar-refractivity contribution is -0.117. The predicted octanol–water partition coefficient (Wildman–Crippen LogP) is 0.456. The van der Waals surface area contributed by atoms with E-state index < -0.39 is 0 Å². The van der Waals surface area contributed by atoms with Crippen molar-refractivity contribution in [2.45, 2.75) is 12.5 Å². The second kappa shape index (κ2) is 6.65. The number of aromatic nitrogens is 2. The Labute approximate surface area is 115 Å². The monoisotopic (exact) mass is 286 g/mol. The van der Waals surface area contributed by atoms with Crippen molar-refractivity contribution in [3.63, 3.8) is 0 Å². The zero-order valence-electron chi connectivity index (χ0n) is 10.5. The topological polar surface area (TPSA) is 85.4 Å². The number of morpholine rings is 1. The Kier molecular flexibility index (Phi) is 4.89. The molecule has 8 heteroatoms. The Hall–Kier alpha value is -1.44. The third-order valence-electron chi connectivity index (χ3n) is 2.56. The minimum Gasteiger partial charge on any atom is -0.481 e. The van der Waals surface area contributed by atoms with Crippen molar-refractivity contribution in [1.82, 2.24) is 15.3 Å². The summed E-state index contributed by atoms with van der Waals surface area (Å²) in [6.07, 6.45) is 0.290. The summed E-state index contributed by atoms with van der Waals surface area (Å²) >= 11 is 5.79. The normalized spacial score (nSPS) is 18.9. The fourth-order valence-electron chi connectivity index (χ4n) is 1.71. The highest BCUT2D eigenvalue weighted by Gasteiger charge is 2.17. The molecule has 1 amide bonds. The lowest BCUT2D eigenvalue weighted by Gasteiger charge is -2.23.